The van der Waals surface area contributed by atoms with E-state index in [-0.39, 0.29) is 0 Å². The van der Waals surface area contributed by atoms with Gasteiger partial charge in [-0.1, -0.05) is 32.1 Å². The van der Waals surface area contributed by atoms with Crippen LogP contribution in [0.5, 0.6) is 0 Å². The molecule has 0 saturated heterocycles. The SMILES string of the molecule is N=CCCCCCCCCC[C]=O. The molecule has 2 heteroatoms. The van der Waals surface area contributed by atoms with Gasteiger partial charge in [0.2, 0.25) is 0 Å². The zero-order chi connectivity index (χ0) is 9.78. The number of hydrogen-bond donors (Lipinski definition) is 1. The van der Waals surface area contributed by atoms with Gasteiger partial charge < -0.3 is 5.41 Å². The summed E-state index contributed by atoms with van der Waals surface area (Å²) in [5.74, 6) is 0. The first-order valence-corrected chi connectivity index (χ1v) is 5.25. The molecule has 0 heterocycles. The third-order valence-electron chi connectivity index (χ3n) is 2.13. The molecule has 0 bridgehead atoms. The van der Waals surface area contributed by atoms with Crippen molar-refractivity contribution in [2.24, 2.45) is 0 Å². The van der Waals surface area contributed by atoms with Crippen LogP contribution in [0.15, 0.2) is 0 Å². The highest BCUT2D eigenvalue weighted by molar-refractivity contribution is 5.52. The highest BCUT2D eigenvalue weighted by Gasteiger charge is 1.91. The molecule has 0 aliphatic heterocycles. The number of hydrogen-bond acceptors (Lipinski definition) is 2. The highest BCUT2D eigenvalue weighted by atomic mass is 16.1. The van der Waals surface area contributed by atoms with Gasteiger partial charge in [-0.3, -0.25) is 4.79 Å². The molecule has 0 unspecified atom stereocenters. The van der Waals surface area contributed by atoms with Gasteiger partial charge >= 0.3 is 0 Å². The Balaban J connectivity index is 2.83. The first-order valence-electron chi connectivity index (χ1n) is 5.25. The summed E-state index contributed by atoms with van der Waals surface area (Å²) in [7, 11) is 0. The van der Waals surface area contributed by atoms with Crippen molar-refractivity contribution in [1.82, 2.24) is 0 Å². The van der Waals surface area contributed by atoms with E-state index in [1.54, 1.807) is 0 Å². The summed E-state index contributed by atoms with van der Waals surface area (Å²) >= 11 is 0. The summed E-state index contributed by atoms with van der Waals surface area (Å²) in [6.45, 7) is 0. The summed E-state index contributed by atoms with van der Waals surface area (Å²) in [5.41, 5.74) is 0. The van der Waals surface area contributed by atoms with E-state index in [0.717, 1.165) is 19.3 Å². The Hall–Kier alpha value is -0.660. The zero-order valence-electron chi connectivity index (χ0n) is 8.35. The molecule has 2 nitrogen and oxygen atoms in total. The average molecular weight is 182 g/mol. The Morgan fingerprint density at radius 1 is 0.923 bits per heavy atom. The molecular weight excluding hydrogens is 162 g/mol. The summed E-state index contributed by atoms with van der Waals surface area (Å²) in [6.07, 6.45) is 13.3. The molecule has 0 fully saturated rings. The lowest BCUT2D eigenvalue weighted by atomic mass is 10.1. The maximum atomic E-state index is 9.87. The number of rotatable bonds is 10. The van der Waals surface area contributed by atoms with Crippen molar-refractivity contribution < 1.29 is 4.79 Å². The van der Waals surface area contributed by atoms with E-state index in [4.69, 9.17) is 5.41 Å². The first-order chi connectivity index (χ1) is 6.41. The molecule has 0 amide bonds. The second-order valence-electron chi connectivity index (χ2n) is 3.36. The van der Waals surface area contributed by atoms with Gasteiger partial charge in [0.15, 0.2) is 6.29 Å². The maximum Gasteiger partial charge on any atom is 0.198 e. The molecule has 13 heavy (non-hydrogen) atoms. The van der Waals surface area contributed by atoms with Crippen LogP contribution in [0.3, 0.4) is 0 Å². The van der Waals surface area contributed by atoms with E-state index in [1.165, 1.54) is 38.3 Å². The van der Waals surface area contributed by atoms with Crippen LogP contribution in [0.4, 0.5) is 0 Å². The Morgan fingerprint density at radius 2 is 1.46 bits per heavy atom. The van der Waals surface area contributed by atoms with Crippen LogP contribution in [0.2, 0.25) is 0 Å². The molecule has 0 rings (SSSR count). The van der Waals surface area contributed by atoms with Gasteiger partial charge in [0.05, 0.1) is 0 Å². The molecule has 0 saturated carbocycles. The molecule has 0 atom stereocenters. The van der Waals surface area contributed by atoms with Gasteiger partial charge in [0, 0.05) is 6.42 Å². The summed E-state index contributed by atoms with van der Waals surface area (Å²) in [6, 6.07) is 0. The second-order valence-corrected chi connectivity index (χ2v) is 3.36. The summed E-state index contributed by atoms with van der Waals surface area (Å²) in [4.78, 5) is 9.87. The lowest BCUT2D eigenvalue weighted by molar-refractivity contribution is 0.540. The monoisotopic (exact) mass is 182 g/mol. The minimum Gasteiger partial charge on any atom is -0.313 e. The lowest BCUT2D eigenvalue weighted by Gasteiger charge is -1.98. The van der Waals surface area contributed by atoms with Crippen LogP contribution in [-0.4, -0.2) is 12.5 Å². The molecule has 1 radical (unpaired) electrons. The number of carbonyl (C=O) groups excluding carboxylic acids is 1. The van der Waals surface area contributed by atoms with Crippen LogP contribution >= 0.6 is 0 Å². The van der Waals surface area contributed by atoms with Gasteiger partial charge in [-0.25, -0.2) is 0 Å². The zero-order valence-corrected chi connectivity index (χ0v) is 8.35. The fraction of sp³-hybridized carbons (Fsp3) is 0.818. The van der Waals surface area contributed by atoms with Crippen LogP contribution in [0, 0.1) is 5.41 Å². The van der Waals surface area contributed by atoms with E-state index in [0.29, 0.717) is 6.42 Å². The first kappa shape index (κ1) is 12.3. The van der Waals surface area contributed by atoms with Crippen molar-refractivity contribution in [1.29, 1.82) is 5.41 Å². The molecule has 0 spiro atoms. The van der Waals surface area contributed by atoms with Crippen LogP contribution in [-0.2, 0) is 4.79 Å². The minimum absolute atomic E-state index is 0.605. The Bertz CT molecular complexity index is 109. The third kappa shape index (κ3) is 11.3. The highest BCUT2D eigenvalue weighted by Crippen LogP contribution is 2.08. The van der Waals surface area contributed by atoms with Gasteiger partial charge in [0.1, 0.15) is 0 Å². The summed E-state index contributed by atoms with van der Waals surface area (Å²) < 4.78 is 0. The Labute approximate surface area is 81.2 Å². The largest absolute Gasteiger partial charge is 0.313 e. The number of unbranched alkanes of at least 4 members (excludes halogenated alkanes) is 8. The van der Waals surface area contributed by atoms with E-state index >= 15 is 0 Å². The molecule has 0 aliphatic carbocycles. The molecule has 0 aliphatic rings. The fourth-order valence-corrected chi connectivity index (χ4v) is 1.33. The van der Waals surface area contributed by atoms with E-state index in [1.807, 2.05) is 6.29 Å². The van der Waals surface area contributed by atoms with Crippen molar-refractivity contribution in [3.05, 3.63) is 0 Å². The standard InChI is InChI=1S/C11H20NO/c12-10-8-6-4-2-1-3-5-7-9-11-13/h10,12H,1-9H2. The van der Waals surface area contributed by atoms with Crippen LogP contribution in [0.1, 0.15) is 57.8 Å². The van der Waals surface area contributed by atoms with Crippen LogP contribution in [0.25, 0.3) is 0 Å². The Morgan fingerprint density at radius 3 is 2.00 bits per heavy atom. The fourth-order valence-electron chi connectivity index (χ4n) is 1.33. The van der Waals surface area contributed by atoms with E-state index < -0.39 is 0 Å². The molecular formula is C11H20NO. The molecule has 0 aromatic carbocycles. The van der Waals surface area contributed by atoms with Gasteiger partial charge in [-0.15, -0.1) is 0 Å². The predicted molar refractivity (Wildman–Crippen MR) is 56.0 cm³/mol. The molecule has 0 aromatic heterocycles. The number of nitrogens with one attached hydrogen (secondary N) is 1. The molecule has 75 valence electrons. The van der Waals surface area contributed by atoms with Gasteiger partial charge in [-0.2, -0.15) is 0 Å². The third-order valence-corrected chi connectivity index (χ3v) is 2.13. The summed E-state index contributed by atoms with van der Waals surface area (Å²) in [5, 5.41) is 6.83. The van der Waals surface area contributed by atoms with Crippen molar-refractivity contribution >= 4 is 12.5 Å². The average Bonchev–Trinajstić information content (AvgIpc) is 2.16. The van der Waals surface area contributed by atoms with Crippen molar-refractivity contribution in [3.63, 3.8) is 0 Å². The molecule has 0 aromatic rings. The smallest absolute Gasteiger partial charge is 0.198 e. The van der Waals surface area contributed by atoms with Crippen LogP contribution < -0.4 is 0 Å². The molecule has 1 N–H and O–H groups in total. The van der Waals surface area contributed by atoms with Crippen molar-refractivity contribution in [2.45, 2.75) is 57.8 Å². The van der Waals surface area contributed by atoms with Crippen molar-refractivity contribution in [2.75, 3.05) is 0 Å². The maximum absolute atomic E-state index is 9.87. The minimum atomic E-state index is 0.605. The van der Waals surface area contributed by atoms with Gasteiger partial charge in [0.25, 0.3) is 0 Å². The van der Waals surface area contributed by atoms with E-state index in [9.17, 15) is 4.79 Å². The normalized spacial score (nSPS) is 9.85. The Kier molecular flexibility index (Phi) is 10.8. The lowest BCUT2D eigenvalue weighted by Crippen LogP contribution is -1.82. The predicted octanol–water partition coefficient (Wildman–Crippen LogP) is 3.26. The second kappa shape index (κ2) is 11.3. The van der Waals surface area contributed by atoms with Gasteiger partial charge in [-0.05, 0) is 25.5 Å². The van der Waals surface area contributed by atoms with Crippen molar-refractivity contribution in [3.8, 4) is 0 Å². The topological polar surface area (TPSA) is 40.9 Å². The van der Waals surface area contributed by atoms with E-state index in [2.05, 4.69) is 0 Å². The quantitative estimate of drug-likeness (QED) is 0.409.